The number of nitrogens with zero attached hydrogens (tertiary/aromatic N) is 2. The van der Waals surface area contributed by atoms with Crippen LogP contribution in [-0.2, 0) is 5.41 Å². The molecule has 53 heavy (non-hydrogen) atoms. The molecule has 0 fully saturated rings. The average Bonchev–Trinajstić information content (AvgIpc) is 3.86. The molecule has 2 aliphatic rings. The maximum Gasteiger partial charge on any atom is 0.143 e. The molecule has 1 aromatic heterocycles. The van der Waals surface area contributed by atoms with E-state index in [1.807, 2.05) is 36.4 Å². The molecule has 0 amide bonds. The van der Waals surface area contributed by atoms with Crippen molar-refractivity contribution in [3.05, 3.63) is 210 Å². The molecule has 0 radical (unpaired) electrons. The first-order valence-electron chi connectivity index (χ1n) is 18.0. The topological polar surface area (TPSA) is 40.2 Å². The van der Waals surface area contributed by atoms with E-state index in [1.165, 1.54) is 44.5 Å². The maximum atomic E-state index is 9.66. The van der Waals surface area contributed by atoms with Gasteiger partial charge in [-0.25, -0.2) is 0 Å². The number of para-hydroxylation sites is 2. The predicted octanol–water partition coefficient (Wildman–Crippen LogP) is 12.9. The van der Waals surface area contributed by atoms with Gasteiger partial charge in [0.05, 0.1) is 17.0 Å². The average molecular weight is 675 g/mol. The molecular weight excluding hydrogens is 645 g/mol. The Morgan fingerprint density at radius 3 is 1.58 bits per heavy atom. The molecule has 9 aromatic rings. The minimum absolute atomic E-state index is 0.444. The van der Waals surface area contributed by atoms with E-state index >= 15 is 0 Å². The highest BCUT2D eigenvalue weighted by atomic mass is 16.3. The van der Waals surface area contributed by atoms with E-state index in [-0.39, 0.29) is 0 Å². The van der Waals surface area contributed by atoms with Crippen molar-refractivity contribution in [1.82, 2.24) is 0 Å². The molecule has 3 heteroatoms. The SMILES string of the molecule is N#Cc1ccc(N(c2ccc(-c3cccc4c3oc3ccccc34)cc2)c2ccc3c(c2)C2(c4ccccc4-c4ccccc42)c2ccccc2-3)cc1. The van der Waals surface area contributed by atoms with Crippen LogP contribution in [0.2, 0.25) is 0 Å². The molecule has 246 valence electrons. The van der Waals surface area contributed by atoms with Gasteiger partial charge < -0.3 is 9.32 Å². The molecule has 0 saturated carbocycles. The second kappa shape index (κ2) is 11.2. The summed E-state index contributed by atoms with van der Waals surface area (Å²) in [6.07, 6.45) is 0. The summed E-state index contributed by atoms with van der Waals surface area (Å²) in [7, 11) is 0. The van der Waals surface area contributed by atoms with E-state index in [2.05, 4.69) is 157 Å². The van der Waals surface area contributed by atoms with Crippen LogP contribution in [0.25, 0.3) is 55.3 Å². The minimum atomic E-state index is -0.444. The lowest BCUT2D eigenvalue weighted by molar-refractivity contribution is 0.670. The van der Waals surface area contributed by atoms with Crippen molar-refractivity contribution in [1.29, 1.82) is 5.26 Å². The molecule has 0 aliphatic heterocycles. The van der Waals surface area contributed by atoms with Gasteiger partial charge in [0.2, 0.25) is 0 Å². The summed E-state index contributed by atoms with van der Waals surface area (Å²) in [5.74, 6) is 0. The van der Waals surface area contributed by atoms with Gasteiger partial charge >= 0.3 is 0 Å². The van der Waals surface area contributed by atoms with Gasteiger partial charge in [-0.1, -0.05) is 127 Å². The molecule has 0 saturated heterocycles. The number of furan rings is 1. The van der Waals surface area contributed by atoms with E-state index < -0.39 is 5.41 Å². The van der Waals surface area contributed by atoms with Gasteiger partial charge in [0, 0.05) is 33.4 Å². The largest absolute Gasteiger partial charge is 0.455 e. The lowest BCUT2D eigenvalue weighted by Gasteiger charge is -2.32. The zero-order valence-electron chi connectivity index (χ0n) is 28.6. The molecule has 3 nitrogen and oxygen atoms in total. The minimum Gasteiger partial charge on any atom is -0.455 e. The third kappa shape index (κ3) is 4.09. The third-order valence-electron chi connectivity index (χ3n) is 11.3. The molecule has 1 heterocycles. The standard InChI is InChI=1S/C50H30N2O/c51-31-32-20-24-34(25-21-32)52(35-26-22-33(23-27-35)37-14-9-15-43-42-13-4-8-19-48(42)53-49(37)43)36-28-29-41-40-12-3-7-18-46(40)50(47(41)30-36)44-16-5-1-10-38(44)39-11-2-6-17-45(39)50/h1-30H. The predicted molar refractivity (Wildman–Crippen MR) is 215 cm³/mol. The number of hydrogen-bond donors (Lipinski definition) is 0. The Bertz CT molecular complexity index is 2900. The fourth-order valence-corrected chi connectivity index (χ4v) is 9.12. The van der Waals surface area contributed by atoms with Crippen molar-refractivity contribution in [3.8, 4) is 39.4 Å². The number of rotatable bonds is 4. The van der Waals surface area contributed by atoms with Crippen LogP contribution in [0.1, 0.15) is 27.8 Å². The Kier molecular flexibility index (Phi) is 6.23. The van der Waals surface area contributed by atoms with Gasteiger partial charge in [0.15, 0.2) is 0 Å². The van der Waals surface area contributed by atoms with Gasteiger partial charge in [-0.3, -0.25) is 0 Å². The first kappa shape index (κ1) is 29.6. The van der Waals surface area contributed by atoms with Gasteiger partial charge in [-0.05, 0) is 105 Å². The Morgan fingerprint density at radius 1 is 0.434 bits per heavy atom. The third-order valence-corrected chi connectivity index (χ3v) is 11.3. The summed E-state index contributed by atoms with van der Waals surface area (Å²) >= 11 is 0. The number of nitriles is 1. The summed E-state index contributed by atoms with van der Waals surface area (Å²) < 4.78 is 6.40. The first-order valence-corrected chi connectivity index (χ1v) is 18.0. The van der Waals surface area contributed by atoms with Gasteiger partial charge in [-0.2, -0.15) is 5.26 Å². The molecule has 0 bridgehead atoms. The second-order valence-electron chi connectivity index (χ2n) is 13.9. The van der Waals surface area contributed by atoms with Crippen LogP contribution < -0.4 is 4.90 Å². The van der Waals surface area contributed by atoms with Crippen LogP contribution in [0, 0.1) is 11.3 Å². The molecule has 8 aromatic carbocycles. The number of benzene rings is 8. The normalized spacial score (nSPS) is 13.0. The van der Waals surface area contributed by atoms with Crippen LogP contribution >= 0.6 is 0 Å². The zero-order chi connectivity index (χ0) is 35.1. The molecular formula is C50H30N2O. The van der Waals surface area contributed by atoms with Crippen LogP contribution in [0.15, 0.2) is 186 Å². The number of anilines is 3. The summed E-state index contributed by atoms with van der Waals surface area (Å²) in [4.78, 5) is 2.30. The van der Waals surface area contributed by atoms with Crippen molar-refractivity contribution in [2.24, 2.45) is 0 Å². The zero-order valence-corrected chi connectivity index (χ0v) is 28.6. The molecule has 1 spiro atoms. The highest BCUT2D eigenvalue weighted by Gasteiger charge is 2.51. The smallest absolute Gasteiger partial charge is 0.143 e. The monoisotopic (exact) mass is 674 g/mol. The molecule has 0 N–H and O–H groups in total. The van der Waals surface area contributed by atoms with E-state index in [1.54, 1.807) is 0 Å². The van der Waals surface area contributed by atoms with Gasteiger partial charge in [0.25, 0.3) is 0 Å². The Balaban J connectivity index is 1.11. The lowest BCUT2D eigenvalue weighted by Crippen LogP contribution is -2.26. The summed E-state index contributed by atoms with van der Waals surface area (Å²) in [6.45, 7) is 0. The highest BCUT2D eigenvalue weighted by Crippen LogP contribution is 2.63. The molecule has 2 aliphatic carbocycles. The lowest BCUT2D eigenvalue weighted by atomic mass is 9.70. The summed E-state index contributed by atoms with van der Waals surface area (Å²) in [5, 5.41) is 11.9. The fraction of sp³-hybridized carbons (Fsp3) is 0.0200. The van der Waals surface area contributed by atoms with E-state index in [0.29, 0.717) is 5.56 Å². The number of fused-ring (bicyclic) bond motifs is 13. The quantitative estimate of drug-likeness (QED) is 0.187. The molecule has 11 rings (SSSR count). The number of hydrogen-bond acceptors (Lipinski definition) is 3. The van der Waals surface area contributed by atoms with Crippen molar-refractivity contribution >= 4 is 39.0 Å². The van der Waals surface area contributed by atoms with Crippen molar-refractivity contribution < 1.29 is 4.42 Å². The molecule has 0 atom stereocenters. The highest BCUT2D eigenvalue weighted by molar-refractivity contribution is 6.09. The fourth-order valence-electron chi connectivity index (χ4n) is 9.12. The van der Waals surface area contributed by atoms with Gasteiger partial charge in [0.1, 0.15) is 11.2 Å². The van der Waals surface area contributed by atoms with Crippen molar-refractivity contribution in [2.45, 2.75) is 5.41 Å². The summed E-state index contributed by atoms with van der Waals surface area (Å²) in [6, 6.07) is 67.1. The Hall–Kier alpha value is -7.15. The van der Waals surface area contributed by atoms with Crippen molar-refractivity contribution in [3.63, 3.8) is 0 Å². The van der Waals surface area contributed by atoms with Crippen LogP contribution in [0.3, 0.4) is 0 Å². The maximum absolute atomic E-state index is 9.66. The summed E-state index contributed by atoms with van der Waals surface area (Å²) in [5.41, 5.74) is 17.5. The second-order valence-corrected chi connectivity index (χ2v) is 13.9. The van der Waals surface area contributed by atoms with Crippen molar-refractivity contribution in [2.75, 3.05) is 4.90 Å². The van der Waals surface area contributed by atoms with Crippen LogP contribution in [-0.4, -0.2) is 0 Å². The molecule has 0 unspecified atom stereocenters. The van der Waals surface area contributed by atoms with E-state index in [0.717, 1.165) is 50.1 Å². The van der Waals surface area contributed by atoms with Crippen LogP contribution in [0.4, 0.5) is 17.1 Å². The van der Waals surface area contributed by atoms with E-state index in [4.69, 9.17) is 4.42 Å². The van der Waals surface area contributed by atoms with Crippen LogP contribution in [0.5, 0.6) is 0 Å². The Morgan fingerprint density at radius 2 is 0.943 bits per heavy atom. The van der Waals surface area contributed by atoms with Gasteiger partial charge in [-0.15, -0.1) is 0 Å². The first-order chi connectivity index (χ1) is 26.2. The van der Waals surface area contributed by atoms with E-state index in [9.17, 15) is 5.26 Å². The Labute approximate surface area is 307 Å².